The first-order valence-electron chi connectivity index (χ1n) is 18.4. The van der Waals surface area contributed by atoms with Crippen molar-refractivity contribution >= 4 is 27.2 Å². The molecular formula is C32H56Br2N8Zn. The summed E-state index contributed by atoms with van der Waals surface area (Å²) >= 11 is 6.25. The predicted molar refractivity (Wildman–Crippen MR) is 175 cm³/mol. The summed E-state index contributed by atoms with van der Waals surface area (Å²) in [6.45, 7) is 0. The Hall–Kier alpha value is 1.26. The Bertz CT molecular complexity index is 743. The van der Waals surface area contributed by atoms with E-state index in [9.17, 15) is 0 Å². The molecule has 8 unspecified atom stereocenters. The molecule has 9 aliphatic rings. The zero-order valence-corrected chi connectivity index (χ0v) is 32.2. The summed E-state index contributed by atoms with van der Waals surface area (Å²) in [7, 11) is 0. The van der Waals surface area contributed by atoms with Crippen LogP contribution >= 0.6 is 27.2 Å². The summed E-state index contributed by atoms with van der Waals surface area (Å²) in [5.41, 5.74) is 0. The first kappa shape index (κ1) is 31.5. The molecule has 9 fully saturated rings. The quantitative estimate of drug-likeness (QED) is 0.173. The average Bonchev–Trinajstić information content (AvgIpc) is 3.77. The third-order valence-electron chi connectivity index (χ3n) is 13.8. The average molecular weight is 778 g/mol. The van der Waals surface area contributed by atoms with Crippen LogP contribution in [0.5, 0.6) is 0 Å². The molecule has 8 bridgehead atoms. The molecule has 0 aromatic rings. The van der Waals surface area contributed by atoms with Gasteiger partial charge in [-0.05, 0) is 98.7 Å². The molecule has 0 spiro atoms. The molecule has 240 valence electrons. The maximum atomic E-state index is 4.26. The Morgan fingerprint density at radius 1 is 0.279 bits per heavy atom. The molecule has 0 radical (unpaired) electrons. The SMILES string of the molecule is C1CCC2C3NC(NC4NC(NC5NC(NC6NC(N3)C3CCCCC63)C3CCCCC53)C3CCCCC43)C2C1.[Br][Zn][Br]. The van der Waals surface area contributed by atoms with Crippen LogP contribution in [0.25, 0.3) is 0 Å². The van der Waals surface area contributed by atoms with Gasteiger partial charge in [-0.15, -0.1) is 0 Å². The van der Waals surface area contributed by atoms with Gasteiger partial charge in [-0.1, -0.05) is 51.4 Å². The van der Waals surface area contributed by atoms with Crippen LogP contribution in [0.3, 0.4) is 0 Å². The van der Waals surface area contributed by atoms with Crippen molar-refractivity contribution in [2.75, 3.05) is 0 Å². The van der Waals surface area contributed by atoms with Crippen molar-refractivity contribution in [3.8, 4) is 0 Å². The van der Waals surface area contributed by atoms with E-state index in [1.54, 1.807) is 0 Å². The molecule has 0 aromatic heterocycles. The van der Waals surface area contributed by atoms with Crippen LogP contribution in [-0.4, -0.2) is 49.3 Å². The van der Waals surface area contributed by atoms with Gasteiger partial charge in [0.1, 0.15) is 0 Å². The number of nitrogens with one attached hydrogen (secondary N) is 8. The fraction of sp³-hybridized carbons (Fsp3) is 1.00. The zero-order chi connectivity index (χ0) is 28.9. The van der Waals surface area contributed by atoms with E-state index >= 15 is 0 Å². The molecule has 8 atom stereocenters. The molecule has 8 nitrogen and oxygen atoms in total. The third-order valence-corrected chi connectivity index (χ3v) is 13.8. The molecule has 9 rings (SSSR count). The van der Waals surface area contributed by atoms with Gasteiger partial charge in [-0.2, -0.15) is 0 Å². The van der Waals surface area contributed by atoms with Gasteiger partial charge >= 0.3 is 40.5 Å². The number of rotatable bonds is 0. The van der Waals surface area contributed by atoms with Gasteiger partial charge in [0.05, 0.1) is 49.3 Å². The van der Waals surface area contributed by atoms with Crippen molar-refractivity contribution in [2.45, 2.75) is 152 Å². The van der Waals surface area contributed by atoms with Crippen LogP contribution in [0.15, 0.2) is 0 Å². The minimum absolute atomic E-state index is 0.250. The first-order valence-corrected chi connectivity index (χ1v) is 32.3. The van der Waals surface area contributed by atoms with Gasteiger partial charge in [-0.25, -0.2) is 0 Å². The Morgan fingerprint density at radius 2 is 0.395 bits per heavy atom. The van der Waals surface area contributed by atoms with Crippen molar-refractivity contribution in [3.63, 3.8) is 0 Å². The van der Waals surface area contributed by atoms with Crippen LogP contribution in [0, 0.1) is 47.3 Å². The van der Waals surface area contributed by atoms with Crippen LogP contribution in [0.4, 0.5) is 0 Å². The standard InChI is InChI=1S/C32H56N8.2BrH.Zn/c1-2-10-18-17(9-1)25-33-26(18)38-28-21-13-5-6-14-22(21)30(35-28)40-32-24-16-8-7-15-23(24)31(36-32)39-29-20-12-4-3-11-19(20)27(34-29)37-25;;;/h17-40H,1-16H2;2*1H;/q;;;+2/p-2. The number of halogens is 2. The molecule has 5 aliphatic heterocycles. The maximum absolute atomic E-state index is 4.26. The van der Waals surface area contributed by atoms with Crippen LogP contribution in [0.2, 0.25) is 0 Å². The summed E-state index contributed by atoms with van der Waals surface area (Å²) in [4.78, 5) is 0. The topological polar surface area (TPSA) is 96.2 Å². The second kappa shape index (κ2) is 14.0. The molecular weight excluding hydrogens is 722 g/mol. The molecule has 4 saturated carbocycles. The Kier molecular flexibility index (Phi) is 10.3. The van der Waals surface area contributed by atoms with Gasteiger partial charge in [-0.3, -0.25) is 42.5 Å². The van der Waals surface area contributed by atoms with E-state index in [-0.39, 0.29) is 13.2 Å². The van der Waals surface area contributed by atoms with Gasteiger partial charge in [0.25, 0.3) is 0 Å². The number of fused-ring (bicyclic) bond motifs is 20. The van der Waals surface area contributed by atoms with Gasteiger partial charge < -0.3 is 0 Å². The van der Waals surface area contributed by atoms with E-state index in [2.05, 4.69) is 69.8 Å². The fourth-order valence-corrected chi connectivity index (χ4v) is 12.0. The summed E-state index contributed by atoms with van der Waals surface area (Å²) < 4.78 is 0. The Morgan fingerprint density at radius 3 is 0.512 bits per heavy atom. The monoisotopic (exact) mass is 774 g/mol. The van der Waals surface area contributed by atoms with Crippen molar-refractivity contribution in [2.24, 2.45) is 47.3 Å². The van der Waals surface area contributed by atoms with E-state index in [1.807, 2.05) is 0 Å². The summed E-state index contributed by atoms with van der Waals surface area (Å²) in [6, 6.07) is 0. The van der Waals surface area contributed by atoms with E-state index < -0.39 is 0 Å². The van der Waals surface area contributed by atoms with Crippen LogP contribution < -0.4 is 42.5 Å². The summed E-state index contributed by atoms with van der Waals surface area (Å²) in [5.74, 6) is 5.97. The molecule has 4 aliphatic carbocycles. The fourth-order valence-electron chi connectivity index (χ4n) is 12.0. The normalized spacial score (nSPS) is 53.8. The zero-order valence-electron chi connectivity index (χ0n) is 26.0. The number of hydrogen-bond donors (Lipinski definition) is 8. The van der Waals surface area contributed by atoms with E-state index in [0.29, 0.717) is 49.3 Å². The molecule has 8 N–H and O–H groups in total. The number of hydrogen-bond acceptors (Lipinski definition) is 8. The van der Waals surface area contributed by atoms with Gasteiger partial charge in [0.15, 0.2) is 0 Å². The molecule has 5 heterocycles. The van der Waals surface area contributed by atoms with E-state index in [0.717, 1.165) is 47.3 Å². The third kappa shape index (κ3) is 6.17. The van der Waals surface area contributed by atoms with Crippen molar-refractivity contribution < 1.29 is 13.2 Å². The minimum atomic E-state index is -0.250. The molecule has 5 saturated heterocycles. The van der Waals surface area contributed by atoms with Crippen LogP contribution in [-0.2, 0) is 13.2 Å². The molecule has 11 heteroatoms. The van der Waals surface area contributed by atoms with Gasteiger partial charge in [0, 0.05) is 0 Å². The van der Waals surface area contributed by atoms with Crippen LogP contribution in [0.1, 0.15) is 103 Å². The summed E-state index contributed by atoms with van der Waals surface area (Å²) in [5, 5.41) is 33.8. The van der Waals surface area contributed by atoms with E-state index in [4.69, 9.17) is 0 Å². The Labute approximate surface area is 280 Å². The second-order valence-corrected chi connectivity index (χ2v) is 29.8. The predicted octanol–water partition coefficient (Wildman–Crippen LogP) is 4.29. The Balaban J connectivity index is 0.000000892. The molecule has 43 heavy (non-hydrogen) atoms. The molecule has 0 aromatic carbocycles. The van der Waals surface area contributed by atoms with Crippen molar-refractivity contribution in [1.29, 1.82) is 0 Å². The molecule has 0 amide bonds. The second-order valence-electron chi connectivity index (χ2n) is 15.7. The van der Waals surface area contributed by atoms with E-state index in [1.165, 1.54) is 103 Å². The summed E-state index contributed by atoms with van der Waals surface area (Å²) in [6.07, 6.45) is 25.6. The first-order chi connectivity index (χ1) is 21.2. The van der Waals surface area contributed by atoms with Gasteiger partial charge in [0.2, 0.25) is 0 Å². The van der Waals surface area contributed by atoms with Crippen molar-refractivity contribution in [3.05, 3.63) is 0 Å². The van der Waals surface area contributed by atoms with Crippen molar-refractivity contribution in [1.82, 2.24) is 42.5 Å².